The molecule has 4 aliphatic carbocycles. The number of amides is 1. The van der Waals surface area contributed by atoms with Crippen molar-refractivity contribution < 1.29 is 29.4 Å². The number of aromatic nitrogens is 1. The molecule has 9 heteroatoms. The first-order chi connectivity index (χ1) is 20.5. The van der Waals surface area contributed by atoms with Crippen molar-refractivity contribution in [2.24, 2.45) is 33.7 Å². The molecule has 4 aliphatic rings. The molecule has 1 heterocycles. The summed E-state index contributed by atoms with van der Waals surface area (Å²) in [6, 6.07) is 5.35. The lowest BCUT2D eigenvalue weighted by Gasteiger charge is -2.58. The summed E-state index contributed by atoms with van der Waals surface area (Å²) in [5, 5.41) is 28.6. The van der Waals surface area contributed by atoms with Crippen LogP contribution in [0, 0.1) is 28.6 Å². The van der Waals surface area contributed by atoms with Crippen molar-refractivity contribution in [1.29, 1.82) is 0 Å². The number of nitrogens with zero attached hydrogens (tertiary/aromatic N) is 1. The number of hydrogen-bond acceptors (Lipinski definition) is 6. The molecule has 43 heavy (non-hydrogen) atoms. The lowest BCUT2D eigenvalue weighted by molar-refractivity contribution is -0.125. The van der Waals surface area contributed by atoms with Crippen LogP contribution in [-0.2, 0) is 16.1 Å². The molecule has 0 bridgehead atoms. The zero-order chi connectivity index (χ0) is 30.6. The van der Waals surface area contributed by atoms with Crippen LogP contribution < -0.4 is 10.1 Å². The first-order valence-electron chi connectivity index (χ1n) is 15.5. The largest absolute Gasteiger partial charge is 0.497 e. The van der Waals surface area contributed by atoms with Gasteiger partial charge in [-0.3, -0.25) is 4.79 Å². The fourth-order valence-electron chi connectivity index (χ4n) is 8.85. The van der Waals surface area contributed by atoms with E-state index < -0.39 is 11.6 Å². The number of H-pyrrole nitrogens is 1. The topological polar surface area (TPSA) is 133 Å². The predicted octanol–water partition coefficient (Wildman–Crippen LogP) is 5.40. The SMILES string of the molecule is COc1ccc2[nH]c(C(=O)O)c(CCNC(=O)CO/N=C3/C=C[C@@]4(C)C(=C3)CC[C@@H]3[C@@H]4CC[C@@]4(C)[C@H]3CC[C@]4(C)O)c2c1. The second kappa shape index (κ2) is 10.8. The maximum atomic E-state index is 12.5. The molecule has 2 aromatic rings. The summed E-state index contributed by atoms with van der Waals surface area (Å²) < 4.78 is 5.29. The van der Waals surface area contributed by atoms with Crippen LogP contribution in [0.4, 0.5) is 0 Å². The van der Waals surface area contributed by atoms with Crippen LogP contribution in [0.2, 0.25) is 0 Å². The average Bonchev–Trinajstić information content (AvgIpc) is 3.46. The zero-order valence-corrected chi connectivity index (χ0v) is 25.5. The van der Waals surface area contributed by atoms with E-state index in [0.717, 1.165) is 43.9 Å². The van der Waals surface area contributed by atoms with E-state index in [-0.39, 0.29) is 35.6 Å². The van der Waals surface area contributed by atoms with Crippen LogP contribution in [0.25, 0.3) is 10.9 Å². The highest BCUT2D eigenvalue weighted by molar-refractivity contribution is 6.05. The van der Waals surface area contributed by atoms with Gasteiger partial charge in [0, 0.05) is 22.9 Å². The third kappa shape index (κ3) is 4.95. The van der Waals surface area contributed by atoms with Crippen molar-refractivity contribution in [3.8, 4) is 5.75 Å². The molecule has 0 radical (unpaired) electrons. The zero-order valence-electron chi connectivity index (χ0n) is 25.5. The molecule has 0 aliphatic heterocycles. The maximum absolute atomic E-state index is 12.5. The predicted molar refractivity (Wildman–Crippen MR) is 164 cm³/mol. The van der Waals surface area contributed by atoms with Gasteiger partial charge in [0.2, 0.25) is 0 Å². The number of methoxy groups -OCH3 is 1. The lowest BCUT2D eigenvalue weighted by atomic mass is 9.47. The normalized spacial score (nSPS) is 33.8. The number of benzene rings is 1. The monoisotopic (exact) mass is 589 g/mol. The van der Waals surface area contributed by atoms with Crippen molar-refractivity contribution in [2.75, 3.05) is 20.3 Å². The van der Waals surface area contributed by atoms with E-state index in [1.54, 1.807) is 25.3 Å². The smallest absolute Gasteiger partial charge is 0.352 e. The van der Waals surface area contributed by atoms with Crippen molar-refractivity contribution in [1.82, 2.24) is 10.3 Å². The van der Waals surface area contributed by atoms with E-state index >= 15 is 0 Å². The Labute approximate surface area is 252 Å². The van der Waals surface area contributed by atoms with Crippen LogP contribution in [0.5, 0.6) is 5.75 Å². The number of rotatable bonds is 8. The van der Waals surface area contributed by atoms with Gasteiger partial charge < -0.3 is 30.1 Å². The van der Waals surface area contributed by atoms with Crippen LogP contribution >= 0.6 is 0 Å². The molecule has 0 spiro atoms. The van der Waals surface area contributed by atoms with Crippen molar-refractivity contribution >= 4 is 28.5 Å². The molecule has 1 amide bonds. The second-order valence-electron chi connectivity index (χ2n) is 13.6. The van der Waals surface area contributed by atoms with Gasteiger partial charge in [0.05, 0.1) is 12.7 Å². The Kier molecular flexibility index (Phi) is 7.43. The third-order valence-electron chi connectivity index (χ3n) is 11.5. The molecule has 1 aromatic carbocycles. The van der Waals surface area contributed by atoms with Gasteiger partial charge >= 0.3 is 5.97 Å². The summed E-state index contributed by atoms with van der Waals surface area (Å²) in [5.41, 5.74) is 2.92. The van der Waals surface area contributed by atoms with Gasteiger partial charge in [0.1, 0.15) is 17.2 Å². The minimum absolute atomic E-state index is 0.00662. The minimum Gasteiger partial charge on any atom is -0.497 e. The molecule has 0 unspecified atom stereocenters. The van der Waals surface area contributed by atoms with Gasteiger partial charge in [0.15, 0.2) is 6.61 Å². The Bertz CT molecular complexity index is 1540. The Morgan fingerprint density at radius 2 is 1.93 bits per heavy atom. The number of aromatic amines is 1. The number of nitrogens with one attached hydrogen (secondary N) is 2. The summed E-state index contributed by atoms with van der Waals surface area (Å²) in [5.74, 6) is 1.00. The van der Waals surface area contributed by atoms with Crippen molar-refractivity contribution in [3.63, 3.8) is 0 Å². The maximum Gasteiger partial charge on any atom is 0.352 e. The third-order valence-corrected chi connectivity index (χ3v) is 11.5. The van der Waals surface area contributed by atoms with Gasteiger partial charge in [-0.25, -0.2) is 4.79 Å². The Hall–Kier alpha value is -3.59. The first-order valence-corrected chi connectivity index (χ1v) is 15.5. The average molecular weight is 590 g/mol. The fourth-order valence-corrected chi connectivity index (χ4v) is 8.85. The van der Waals surface area contributed by atoms with Crippen LogP contribution in [0.15, 0.2) is 47.2 Å². The number of aliphatic hydroxyl groups is 1. The van der Waals surface area contributed by atoms with E-state index in [1.807, 2.05) is 13.0 Å². The minimum atomic E-state index is -1.05. The molecular weight excluding hydrogens is 546 g/mol. The summed E-state index contributed by atoms with van der Waals surface area (Å²) >= 11 is 0. The molecule has 3 fully saturated rings. The van der Waals surface area contributed by atoms with Crippen molar-refractivity contribution in [2.45, 2.75) is 71.3 Å². The summed E-state index contributed by atoms with van der Waals surface area (Å²) in [7, 11) is 1.56. The number of hydrogen-bond donors (Lipinski definition) is 4. The van der Waals surface area contributed by atoms with Gasteiger partial charge in [-0.2, -0.15) is 0 Å². The van der Waals surface area contributed by atoms with Crippen LogP contribution in [0.1, 0.15) is 75.3 Å². The van der Waals surface area contributed by atoms with Crippen LogP contribution in [-0.4, -0.2) is 58.6 Å². The standard InChI is InChI=1S/C34H43N3O6/c1-32-13-9-21(17-20(32)5-7-24-26(32)10-14-33(2)27(24)11-15-34(33,3)41)37-43-19-29(38)35-16-12-23-25-18-22(42-4)6-8-28(25)36-30(23)31(39)40/h6,8-9,13,17-18,24,26-27,36,41H,5,7,10-12,14-16,19H2,1-4H3,(H,35,38)(H,39,40)/b37-21-/t24-,26+,27+,32+,33+,34+/m1/s1. The number of carbonyl (C=O) groups excluding carboxylic acids is 1. The van der Waals surface area contributed by atoms with Gasteiger partial charge in [-0.05, 0) is 111 Å². The number of aromatic carboxylic acids is 1. The first kappa shape index (κ1) is 29.5. The summed E-state index contributed by atoms with van der Waals surface area (Å²) in [4.78, 5) is 32.7. The van der Waals surface area contributed by atoms with E-state index in [9.17, 15) is 19.8 Å². The number of carboxylic acid groups (broad SMARTS) is 1. The lowest BCUT2D eigenvalue weighted by Crippen LogP contribution is -2.53. The molecule has 6 rings (SSSR count). The van der Waals surface area contributed by atoms with E-state index in [4.69, 9.17) is 9.57 Å². The highest BCUT2D eigenvalue weighted by Gasteiger charge is 2.62. The molecule has 6 atom stereocenters. The highest BCUT2D eigenvalue weighted by Crippen LogP contribution is 2.66. The second-order valence-corrected chi connectivity index (χ2v) is 13.6. The van der Waals surface area contributed by atoms with Crippen LogP contribution in [0.3, 0.4) is 0 Å². The highest BCUT2D eigenvalue weighted by atomic mass is 16.6. The number of ether oxygens (including phenoxy) is 1. The molecular formula is C34H43N3O6. The number of allylic oxidation sites excluding steroid dienone is 4. The van der Waals surface area contributed by atoms with E-state index in [2.05, 4.69) is 41.5 Å². The summed E-state index contributed by atoms with van der Waals surface area (Å²) in [6.45, 7) is 6.74. The number of fused-ring (bicyclic) bond motifs is 6. The molecule has 0 saturated heterocycles. The number of oxime groups is 1. The van der Waals surface area contributed by atoms with Gasteiger partial charge in [-0.1, -0.05) is 30.7 Å². The molecule has 230 valence electrons. The fraction of sp³-hybridized carbons (Fsp3) is 0.559. The number of carbonyl (C=O) groups is 2. The molecule has 4 N–H and O–H groups in total. The number of carboxylic acids is 1. The molecule has 3 saturated carbocycles. The molecule has 9 nitrogen and oxygen atoms in total. The summed E-state index contributed by atoms with van der Waals surface area (Å²) in [6.07, 6.45) is 13.1. The Morgan fingerprint density at radius 1 is 1.14 bits per heavy atom. The molecule has 1 aromatic heterocycles. The van der Waals surface area contributed by atoms with Crippen molar-refractivity contribution in [3.05, 3.63) is 53.3 Å². The quantitative estimate of drug-likeness (QED) is 0.305. The van der Waals surface area contributed by atoms with Gasteiger partial charge in [0.25, 0.3) is 5.91 Å². The van der Waals surface area contributed by atoms with Gasteiger partial charge in [-0.15, -0.1) is 0 Å². The van der Waals surface area contributed by atoms with E-state index in [0.29, 0.717) is 46.7 Å². The Balaban J connectivity index is 1.04. The van der Waals surface area contributed by atoms with E-state index in [1.165, 1.54) is 5.57 Å². The Morgan fingerprint density at radius 3 is 2.70 bits per heavy atom.